The molecular weight excluding hydrogens is 557 g/mol. The molecule has 1 aliphatic heterocycles. The minimum atomic E-state index is -0.869. The number of carbonyl (C=O) groups is 3. The van der Waals surface area contributed by atoms with Gasteiger partial charge in [-0.05, 0) is 61.5 Å². The molecule has 0 aliphatic carbocycles. The monoisotopic (exact) mass is 587 g/mol. The number of anilines is 1. The van der Waals surface area contributed by atoms with Crippen LogP contribution in [0.25, 0.3) is 10.8 Å². The standard InChI is InChI=1S/C33H31Cl2N3O3/c1-33(2,3)36-31(40)28(17-21-9-5-4-6-10-21)37(19-23-15-16-24(34)18-26(23)35)29(39)20-38-27-14-8-12-22-11-7-13-25(30(22)27)32(38)41/h4-16,18,28H,17,19-20H2,1-3H3,(H,36,40)/t28-/m0/s1. The molecule has 0 bridgehead atoms. The molecule has 1 aliphatic rings. The van der Waals surface area contributed by atoms with Crippen LogP contribution in [0.3, 0.4) is 0 Å². The predicted octanol–water partition coefficient (Wildman–Crippen LogP) is 6.66. The minimum absolute atomic E-state index is 0.0586. The molecule has 6 nitrogen and oxygen atoms in total. The Morgan fingerprint density at radius 3 is 2.32 bits per heavy atom. The van der Waals surface area contributed by atoms with Gasteiger partial charge in [-0.2, -0.15) is 0 Å². The first-order valence-corrected chi connectivity index (χ1v) is 14.2. The first-order chi connectivity index (χ1) is 19.5. The maximum atomic E-state index is 14.3. The summed E-state index contributed by atoms with van der Waals surface area (Å²) in [7, 11) is 0. The Hall–Kier alpha value is -3.87. The maximum absolute atomic E-state index is 14.3. The molecule has 0 spiro atoms. The number of carbonyl (C=O) groups excluding carboxylic acids is 3. The number of hydrogen-bond acceptors (Lipinski definition) is 3. The average molecular weight is 589 g/mol. The molecule has 41 heavy (non-hydrogen) atoms. The second kappa shape index (κ2) is 11.6. The summed E-state index contributed by atoms with van der Waals surface area (Å²) >= 11 is 12.7. The number of amides is 3. The highest BCUT2D eigenvalue weighted by molar-refractivity contribution is 6.35. The zero-order valence-corrected chi connectivity index (χ0v) is 24.7. The van der Waals surface area contributed by atoms with Crippen LogP contribution in [0, 0.1) is 0 Å². The first-order valence-electron chi connectivity index (χ1n) is 13.4. The van der Waals surface area contributed by atoms with E-state index in [9.17, 15) is 14.4 Å². The van der Waals surface area contributed by atoms with Gasteiger partial charge in [-0.15, -0.1) is 0 Å². The van der Waals surface area contributed by atoms with Crippen LogP contribution in [0.5, 0.6) is 0 Å². The van der Waals surface area contributed by atoms with E-state index in [0.717, 1.165) is 16.3 Å². The van der Waals surface area contributed by atoms with Crippen LogP contribution in [0.15, 0.2) is 84.9 Å². The van der Waals surface area contributed by atoms with E-state index in [-0.39, 0.29) is 37.2 Å². The van der Waals surface area contributed by atoms with Gasteiger partial charge >= 0.3 is 0 Å². The van der Waals surface area contributed by atoms with Crippen molar-refractivity contribution in [1.29, 1.82) is 0 Å². The molecule has 5 rings (SSSR count). The Kier molecular flexibility index (Phi) is 8.07. The van der Waals surface area contributed by atoms with E-state index < -0.39 is 11.6 Å². The second-order valence-corrected chi connectivity index (χ2v) is 12.1. The summed E-state index contributed by atoms with van der Waals surface area (Å²) < 4.78 is 0. The zero-order valence-electron chi connectivity index (χ0n) is 23.2. The van der Waals surface area contributed by atoms with Crippen molar-refractivity contribution >= 4 is 57.4 Å². The Labute approximate surface area is 249 Å². The van der Waals surface area contributed by atoms with Crippen molar-refractivity contribution < 1.29 is 14.4 Å². The van der Waals surface area contributed by atoms with E-state index >= 15 is 0 Å². The van der Waals surface area contributed by atoms with Crippen molar-refractivity contribution in [3.63, 3.8) is 0 Å². The number of halogens is 2. The molecule has 1 atom stereocenters. The highest BCUT2D eigenvalue weighted by atomic mass is 35.5. The molecule has 0 unspecified atom stereocenters. The van der Waals surface area contributed by atoms with Gasteiger partial charge in [-0.1, -0.05) is 83.9 Å². The Balaban J connectivity index is 1.54. The van der Waals surface area contributed by atoms with Crippen molar-refractivity contribution in [3.05, 3.63) is 112 Å². The predicted molar refractivity (Wildman–Crippen MR) is 164 cm³/mol. The lowest BCUT2D eigenvalue weighted by atomic mass is 10.0. The van der Waals surface area contributed by atoms with Crippen molar-refractivity contribution in [2.75, 3.05) is 11.4 Å². The van der Waals surface area contributed by atoms with Gasteiger partial charge in [0.05, 0.1) is 5.69 Å². The van der Waals surface area contributed by atoms with Crippen LogP contribution in [0.4, 0.5) is 5.69 Å². The van der Waals surface area contributed by atoms with Crippen molar-refractivity contribution in [3.8, 4) is 0 Å². The Morgan fingerprint density at radius 2 is 1.63 bits per heavy atom. The topological polar surface area (TPSA) is 69.7 Å². The normalized spacial score (nSPS) is 13.4. The number of rotatable bonds is 8. The number of nitrogens with one attached hydrogen (secondary N) is 1. The van der Waals surface area contributed by atoms with Gasteiger partial charge in [0.1, 0.15) is 12.6 Å². The highest BCUT2D eigenvalue weighted by Crippen LogP contribution is 2.37. The van der Waals surface area contributed by atoms with Crippen molar-refractivity contribution in [2.45, 2.75) is 45.3 Å². The molecule has 8 heteroatoms. The van der Waals surface area contributed by atoms with Crippen LogP contribution in [-0.2, 0) is 22.6 Å². The van der Waals surface area contributed by atoms with Gasteiger partial charge in [-0.25, -0.2) is 0 Å². The van der Waals surface area contributed by atoms with E-state index in [1.165, 1.54) is 9.80 Å². The van der Waals surface area contributed by atoms with Gasteiger partial charge < -0.3 is 10.2 Å². The van der Waals surface area contributed by atoms with Gasteiger partial charge in [-0.3, -0.25) is 19.3 Å². The van der Waals surface area contributed by atoms with E-state index in [4.69, 9.17) is 23.2 Å². The van der Waals surface area contributed by atoms with Gasteiger partial charge in [0.2, 0.25) is 11.8 Å². The molecule has 4 aromatic carbocycles. The molecule has 0 fully saturated rings. The zero-order chi connectivity index (χ0) is 29.3. The molecule has 1 N–H and O–H groups in total. The van der Waals surface area contributed by atoms with Crippen LogP contribution < -0.4 is 10.2 Å². The summed E-state index contributed by atoms with van der Waals surface area (Å²) in [6.45, 7) is 5.52. The molecule has 210 valence electrons. The fourth-order valence-electron chi connectivity index (χ4n) is 5.20. The lowest BCUT2D eigenvalue weighted by Crippen LogP contribution is -2.56. The lowest BCUT2D eigenvalue weighted by molar-refractivity contribution is -0.140. The van der Waals surface area contributed by atoms with E-state index in [1.54, 1.807) is 24.3 Å². The van der Waals surface area contributed by atoms with Gasteiger partial charge in [0, 0.05) is 39.5 Å². The summed E-state index contributed by atoms with van der Waals surface area (Å²) in [4.78, 5) is 44.6. The summed E-state index contributed by atoms with van der Waals surface area (Å²) in [5.74, 6) is -0.912. The highest BCUT2D eigenvalue weighted by Gasteiger charge is 2.36. The van der Waals surface area contributed by atoms with Gasteiger partial charge in [0.25, 0.3) is 5.91 Å². The second-order valence-electron chi connectivity index (χ2n) is 11.3. The minimum Gasteiger partial charge on any atom is -0.350 e. The largest absolute Gasteiger partial charge is 0.350 e. The fourth-order valence-corrected chi connectivity index (χ4v) is 5.67. The Bertz CT molecular complexity index is 1630. The number of hydrogen-bond donors (Lipinski definition) is 1. The van der Waals surface area contributed by atoms with Crippen LogP contribution in [0.1, 0.15) is 42.3 Å². The summed E-state index contributed by atoms with van der Waals surface area (Å²) in [5, 5.41) is 5.66. The number of benzene rings is 4. The SMILES string of the molecule is CC(C)(C)NC(=O)[C@H](Cc1ccccc1)N(Cc1ccc(Cl)cc1Cl)C(=O)CN1C(=O)c2cccc3cccc1c23. The molecular formula is C33H31Cl2N3O3. The molecule has 0 radical (unpaired) electrons. The van der Waals surface area contributed by atoms with Crippen LogP contribution in [0.2, 0.25) is 10.0 Å². The average Bonchev–Trinajstić information content (AvgIpc) is 3.19. The molecule has 0 aromatic heterocycles. The third-order valence-electron chi connectivity index (χ3n) is 7.07. The molecule has 4 aromatic rings. The molecule has 0 saturated carbocycles. The Morgan fingerprint density at radius 1 is 0.927 bits per heavy atom. The third-order valence-corrected chi connectivity index (χ3v) is 7.65. The van der Waals surface area contributed by atoms with Crippen LogP contribution >= 0.6 is 23.2 Å². The summed E-state index contributed by atoms with van der Waals surface area (Å²) in [6, 6.07) is 25.0. The maximum Gasteiger partial charge on any atom is 0.259 e. The summed E-state index contributed by atoms with van der Waals surface area (Å²) in [5.41, 5.74) is 2.25. The quantitative estimate of drug-likeness (QED) is 0.250. The fraction of sp³-hybridized carbons (Fsp3) is 0.242. The van der Waals surface area contributed by atoms with Crippen molar-refractivity contribution in [1.82, 2.24) is 10.2 Å². The van der Waals surface area contributed by atoms with Gasteiger partial charge in [0.15, 0.2) is 0 Å². The van der Waals surface area contributed by atoms with E-state index in [2.05, 4.69) is 5.32 Å². The molecule has 1 heterocycles. The molecule has 3 amide bonds. The van der Waals surface area contributed by atoms with Crippen LogP contribution in [-0.4, -0.2) is 40.7 Å². The van der Waals surface area contributed by atoms with Crippen molar-refractivity contribution in [2.24, 2.45) is 0 Å². The first kappa shape index (κ1) is 28.7. The smallest absolute Gasteiger partial charge is 0.259 e. The van der Waals surface area contributed by atoms with E-state index in [0.29, 0.717) is 26.9 Å². The third kappa shape index (κ3) is 6.24. The number of nitrogens with zero attached hydrogens (tertiary/aromatic N) is 2. The van der Waals surface area contributed by atoms with E-state index in [1.807, 2.05) is 81.4 Å². The lowest BCUT2D eigenvalue weighted by Gasteiger charge is -2.35. The summed E-state index contributed by atoms with van der Waals surface area (Å²) in [6.07, 6.45) is 0.281. The molecule has 0 saturated heterocycles.